The molecule has 0 saturated heterocycles. The third kappa shape index (κ3) is 3.94. The molecule has 0 atom stereocenters. The summed E-state index contributed by atoms with van der Waals surface area (Å²) in [6.07, 6.45) is 3.49. The van der Waals surface area contributed by atoms with E-state index in [0.717, 1.165) is 30.2 Å². The quantitative estimate of drug-likeness (QED) is 0.746. The highest BCUT2D eigenvalue weighted by molar-refractivity contribution is 9.10. The highest BCUT2D eigenvalue weighted by Gasteiger charge is 2.20. The van der Waals surface area contributed by atoms with E-state index in [2.05, 4.69) is 21.2 Å². The van der Waals surface area contributed by atoms with Gasteiger partial charge in [0, 0.05) is 22.3 Å². The van der Waals surface area contributed by atoms with Crippen LogP contribution in [-0.4, -0.2) is 23.7 Å². The fourth-order valence-corrected chi connectivity index (χ4v) is 2.74. The lowest BCUT2D eigenvalue weighted by Gasteiger charge is -2.25. The van der Waals surface area contributed by atoms with E-state index in [1.165, 1.54) is 0 Å². The Balaban J connectivity index is 1.85. The topological polar surface area (TPSA) is 75.4 Å². The monoisotopic (exact) mass is 326 g/mol. The molecule has 2 rings (SSSR count). The number of nitrogens with two attached hydrogens (primary N) is 1. The van der Waals surface area contributed by atoms with E-state index in [1.54, 1.807) is 18.2 Å². The van der Waals surface area contributed by atoms with Crippen LogP contribution in [0.25, 0.3) is 0 Å². The second kappa shape index (κ2) is 6.39. The van der Waals surface area contributed by atoms with Crippen LogP contribution in [0.2, 0.25) is 0 Å². The molecular formula is C14H19BrN2O2. The number of amides is 1. The van der Waals surface area contributed by atoms with Crippen molar-refractivity contribution in [1.29, 1.82) is 0 Å². The van der Waals surface area contributed by atoms with Crippen LogP contribution in [0.4, 0.5) is 5.69 Å². The summed E-state index contributed by atoms with van der Waals surface area (Å²) >= 11 is 3.32. The smallest absolute Gasteiger partial charge is 0.251 e. The standard InChI is InChI=1S/C14H19BrN2O2/c15-12-7-10(3-6-13(12)16)14(19)17-8-9-1-4-11(18)5-2-9/h3,6-7,9,11,18H,1-2,4-5,8,16H2,(H,17,19). The van der Waals surface area contributed by atoms with E-state index in [4.69, 9.17) is 5.73 Å². The van der Waals surface area contributed by atoms with E-state index in [-0.39, 0.29) is 12.0 Å². The molecule has 1 amide bonds. The number of anilines is 1. The first-order valence-electron chi connectivity index (χ1n) is 6.57. The molecule has 1 fully saturated rings. The predicted molar refractivity (Wildman–Crippen MR) is 78.9 cm³/mol. The van der Waals surface area contributed by atoms with Crippen molar-refractivity contribution >= 4 is 27.5 Å². The molecule has 0 aromatic heterocycles. The van der Waals surface area contributed by atoms with E-state index in [0.29, 0.717) is 23.7 Å². The minimum atomic E-state index is -0.153. The largest absolute Gasteiger partial charge is 0.398 e. The zero-order valence-corrected chi connectivity index (χ0v) is 12.3. The molecule has 1 aliphatic carbocycles. The third-order valence-corrected chi connectivity index (χ3v) is 4.32. The maximum atomic E-state index is 12.0. The van der Waals surface area contributed by atoms with Crippen LogP contribution in [0.15, 0.2) is 22.7 Å². The van der Waals surface area contributed by atoms with Gasteiger partial charge in [0.1, 0.15) is 0 Å². The maximum absolute atomic E-state index is 12.0. The first-order chi connectivity index (χ1) is 9.06. The van der Waals surface area contributed by atoms with Crippen molar-refractivity contribution in [3.05, 3.63) is 28.2 Å². The number of aliphatic hydroxyl groups is 1. The van der Waals surface area contributed by atoms with E-state index in [9.17, 15) is 9.90 Å². The molecule has 0 aliphatic heterocycles. The van der Waals surface area contributed by atoms with Crippen LogP contribution >= 0.6 is 15.9 Å². The second-order valence-electron chi connectivity index (χ2n) is 5.12. The van der Waals surface area contributed by atoms with Crippen molar-refractivity contribution in [2.45, 2.75) is 31.8 Å². The van der Waals surface area contributed by atoms with Crippen molar-refractivity contribution in [3.8, 4) is 0 Å². The summed E-state index contributed by atoms with van der Waals surface area (Å²) in [5, 5.41) is 12.4. The number of nitrogen functional groups attached to an aromatic ring is 1. The minimum absolute atomic E-state index is 0.0770. The lowest BCUT2D eigenvalue weighted by atomic mass is 9.87. The van der Waals surface area contributed by atoms with Gasteiger partial charge in [-0.2, -0.15) is 0 Å². The van der Waals surface area contributed by atoms with E-state index >= 15 is 0 Å². The van der Waals surface area contributed by atoms with Gasteiger partial charge in [0.15, 0.2) is 0 Å². The summed E-state index contributed by atoms with van der Waals surface area (Å²) in [5.74, 6) is 0.399. The summed E-state index contributed by atoms with van der Waals surface area (Å²) in [4.78, 5) is 12.0. The molecule has 0 heterocycles. The zero-order chi connectivity index (χ0) is 13.8. The number of carbonyl (C=O) groups is 1. The molecule has 5 heteroatoms. The first kappa shape index (κ1) is 14.3. The van der Waals surface area contributed by atoms with E-state index in [1.807, 2.05) is 0 Å². The second-order valence-corrected chi connectivity index (χ2v) is 5.98. The molecule has 0 radical (unpaired) electrons. The molecule has 104 valence electrons. The molecule has 1 aromatic carbocycles. The molecule has 1 saturated carbocycles. The van der Waals surface area contributed by atoms with Crippen LogP contribution in [0.5, 0.6) is 0 Å². The highest BCUT2D eigenvalue weighted by Crippen LogP contribution is 2.24. The summed E-state index contributed by atoms with van der Waals surface area (Å²) in [6.45, 7) is 0.674. The lowest BCUT2D eigenvalue weighted by Crippen LogP contribution is -2.32. The van der Waals surface area contributed by atoms with Gasteiger partial charge in [0.25, 0.3) is 5.91 Å². The maximum Gasteiger partial charge on any atom is 0.251 e. The van der Waals surface area contributed by atoms with Gasteiger partial charge < -0.3 is 16.2 Å². The van der Waals surface area contributed by atoms with Gasteiger partial charge in [0.2, 0.25) is 0 Å². The van der Waals surface area contributed by atoms with Gasteiger partial charge in [-0.25, -0.2) is 0 Å². The average molecular weight is 327 g/mol. The Kier molecular flexibility index (Phi) is 4.82. The molecule has 1 aliphatic rings. The van der Waals surface area contributed by atoms with Crippen LogP contribution in [0, 0.1) is 5.92 Å². The molecule has 1 aromatic rings. The fraction of sp³-hybridized carbons (Fsp3) is 0.500. The Morgan fingerprint density at radius 3 is 2.68 bits per heavy atom. The summed E-state index contributed by atoms with van der Waals surface area (Å²) in [5.41, 5.74) is 6.92. The van der Waals surface area contributed by atoms with Gasteiger partial charge in [-0.05, 0) is 65.7 Å². The number of nitrogens with one attached hydrogen (secondary N) is 1. The van der Waals surface area contributed by atoms with Crippen molar-refractivity contribution in [2.24, 2.45) is 5.92 Å². The average Bonchev–Trinajstić information content (AvgIpc) is 2.41. The molecule has 0 unspecified atom stereocenters. The number of aliphatic hydroxyl groups excluding tert-OH is 1. The van der Waals surface area contributed by atoms with Gasteiger partial charge >= 0.3 is 0 Å². The Morgan fingerprint density at radius 2 is 2.05 bits per heavy atom. The Hall–Kier alpha value is -1.07. The Morgan fingerprint density at radius 1 is 1.37 bits per heavy atom. The molecule has 19 heavy (non-hydrogen) atoms. The van der Waals surface area contributed by atoms with Crippen LogP contribution in [0.3, 0.4) is 0 Å². The minimum Gasteiger partial charge on any atom is -0.398 e. The van der Waals surface area contributed by atoms with Gasteiger partial charge in [-0.3, -0.25) is 4.79 Å². The van der Waals surface area contributed by atoms with E-state index < -0.39 is 0 Å². The van der Waals surface area contributed by atoms with Crippen LogP contribution in [0.1, 0.15) is 36.0 Å². The molecular weight excluding hydrogens is 308 g/mol. The number of rotatable bonds is 3. The molecule has 0 spiro atoms. The van der Waals surface area contributed by atoms with Crippen molar-refractivity contribution < 1.29 is 9.90 Å². The SMILES string of the molecule is Nc1ccc(C(=O)NCC2CCC(O)CC2)cc1Br. The number of hydrogen-bond donors (Lipinski definition) is 3. The predicted octanol–water partition coefficient (Wildman–Crippen LogP) is 2.31. The Labute approximate surface area is 121 Å². The normalized spacial score (nSPS) is 23.1. The van der Waals surface area contributed by atoms with Crippen molar-refractivity contribution in [2.75, 3.05) is 12.3 Å². The van der Waals surface area contributed by atoms with Crippen LogP contribution < -0.4 is 11.1 Å². The van der Waals surface area contributed by atoms with Crippen molar-refractivity contribution in [3.63, 3.8) is 0 Å². The van der Waals surface area contributed by atoms with Gasteiger partial charge in [0.05, 0.1) is 6.10 Å². The summed E-state index contributed by atoms with van der Waals surface area (Å²) in [7, 11) is 0. The fourth-order valence-electron chi connectivity index (χ4n) is 2.36. The Bertz CT molecular complexity index is 457. The number of benzene rings is 1. The first-order valence-corrected chi connectivity index (χ1v) is 7.37. The molecule has 4 N–H and O–H groups in total. The lowest BCUT2D eigenvalue weighted by molar-refractivity contribution is 0.0910. The van der Waals surface area contributed by atoms with Gasteiger partial charge in [-0.1, -0.05) is 0 Å². The molecule has 0 bridgehead atoms. The van der Waals surface area contributed by atoms with Gasteiger partial charge in [-0.15, -0.1) is 0 Å². The number of carbonyl (C=O) groups excluding carboxylic acids is 1. The third-order valence-electron chi connectivity index (χ3n) is 3.63. The van der Waals surface area contributed by atoms with Crippen LogP contribution in [-0.2, 0) is 0 Å². The number of hydrogen-bond acceptors (Lipinski definition) is 3. The van der Waals surface area contributed by atoms with Crippen molar-refractivity contribution in [1.82, 2.24) is 5.32 Å². The summed E-state index contributed by atoms with van der Waals surface area (Å²) < 4.78 is 0.737. The zero-order valence-electron chi connectivity index (χ0n) is 10.7. The summed E-state index contributed by atoms with van der Waals surface area (Å²) in [6, 6.07) is 5.17. The highest BCUT2D eigenvalue weighted by atomic mass is 79.9. The molecule has 4 nitrogen and oxygen atoms in total. The number of halogens is 1.